The van der Waals surface area contributed by atoms with Crippen LogP contribution in [0.15, 0.2) is 48.0 Å². The number of aliphatic imine (C=N–C) groups is 1. The third-order valence-corrected chi connectivity index (χ3v) is 5.79. The van der Waals surface area contributed by atoms with Crippen LogP contribution in [0.1, 0.15) is 66.4 Å². The first-order valence-corrected chi connectivity index (χ1v) is 13.9. The number of benzene rings is 2. The maximum atomic E-state index is 15.0. The Morgan fingerprint density at radius 1 is 1.07 bits per heavy atom. The Balaban J connectivity index is 0.00000187. The molecular formula is C31H46FN5O3. The van der Waals surface area contributed by atoms with E-state index in [1.54, 1.807) is 48.4 Å². The van der Waals surface area contributed by atoms with E-state index in [1.165, 1.54) is 18.9 Å². The molecule has 3 N–H and O–H groups in total. The second kappa shape index (κ2) is 18.5. The predicted molar refractivity (Wildman–Crippen MR) is 165 cm³/mol. The van der Waals surface area contributed by atoms with Gasteiger partial charge in [0.15, 0.2) is 0 Å². The molecule has 0 aliphatic rings. The van der Waals surface area contributed by atoms with Crippen molar-refractivity contribution in [2.24, 2.45) is 4.99 Å². The molecule has 9 heteroatoms. The van der Waals surface area contributed by atoms with Gasteiger partial charge in [-0.2, -0.15) is 0 Å². The standard InChI is InChI=1S/C27H36FN5O3.C4H10/c1-7-30-24-16-22(36-14-13-29-6)15-23(28)27(24)19(5)31-20-9-11-21(12-10-20)32-25(34)17-26(35)33(8-2)18(3)4;1-3-4-2/h7,9-12,15-16,18,29,31H,5,8,13-14,17H2,1-4,6H3,(H,32,34);3-4H2,1-2H3. The fraction of sp³-hybridized carbons (Fsp3) is 0.452. The zero-order valence-electron chi connectivity index (χ0n) is 25.1. The van der Waals surface area contributed by atoms with Crippen molar-refractivity contribution in [1.29, 1.82) is 0 Å². The monoisotopic (exact) mass is 555 g/mol. The Morgan fingerprint density at radius 3 is 2.17 bits per heavy atom. The van der Waals surface area contributed by atoms with Crippen LogP contribution in [-0.4, -0.2) is 55.7 Å². The summed E-state index contributed by atoms with van der Waals surface area (Å²) in [7, 11) is 1.81. The molecule has 0 fully saturated rings. The highest BCUT2D eigenvalue weighted by molar-refractivity contribution is 6.03. The second-order valence-corrected chi connectivity index (χ2v) is 9.32. The second-order valence-electron chi connectivity index (χ2n) is 9.32. The average molecular weight is 556 g/mol. The molecule has 0 heterocycles. The molecule has 2 rings (SSSR count). The van der Waals surface area contributed by atoms with Crippen LogP contribution in [0.5, 0.6) is 5.75 Å². The average Bonchev–Trinajstić information content (AvgIpc) is 2.90. The molecular weight excluding hydrogens is 509 g/mol. The number of anilines is 2. The topological polar surface area (TPSA) is 95.1 Å². The van der Waals surface area contributed by atoms with Gasteiger partial charge in [-0.1, -0.05) is 33.3 Å². The van der Waals surface area contributed by atoms with Crippen molar-refractivity contribution < 1.29 is 18.7 Å². The normalized spacial score (nSPS) is 10.6. The van der Waals surface area contributed by atoms with E-state index < -0.39 is 5.82 Å². The van der Waals surface area contributed by atoms with Crippen molar-refractivity contribution in [2.45, 2.75) is 66.8 Å². The minimum absolute atomic E-state index is 0.0317. The van der Waals surface area contributed by atoms with E-state index in [0.29, 0.717) is 48.2 Å². The molecule has 0 spiro atoms. The summed E-state index contributed by atoms with van der Waals surface area (Å²) in [6.45, 7) is 17.4. The van der Waals surface area contributed by atoms with Gasteiger partial charge in [0.25, 0.3) is 0 Å². The van der Waals surface area contributed by atoms with Crippen molar-refractivity contribution in [3.8, 4) is 5.75 Å². The third-order valence-electron chi connectivity index (χ3n) is 5.79. The summed E-state index contributed by atoms with van der Waals surface area (Å²) in [6.07, 6.45) is 3.99. The Bertz CT molecular complexity index is 1110. The molecule has 2 aromatic carbocycles. The van der Waals surface area contributed by atoms with Crippen LogP contribution >= 0.6 is 0 Å². The number of carbonyl (C=O) groups is 2. The van der Waals surface area contributed by atoms with Gasteiger partial charge in [-0.05, 0) is 59.0 Å². The van der Waals surface area contributed by atoms with Gasteiger partial charge in [0.1, 0.15) is 24.6 Å². The Hall–Kier alpha value is -3.72. The molecule has 8 nitrogen and oxygen atoms in total. The lowest BCUT2D eigenvalue weighted by molar-refractivity contribution is -0.135. The number of amides is 2. The highest BCUT2D eigenvalue weighted by Crippen LogP contribution is 2.33. The van der Waals surface area contributed by atoms with Crippen LogP contribution < -0.4 is 20.7 Å². The molecule has 0 aliphatic carbocycles. The summed E-state index contributed by atoms with van der Waals surface area (Å²) in [5.41, 5.74) is 2.14. The van der Waals surface area contributed by atoms with E-state index in [0.717, 1.165) is 0 Å². The number of carbonyl (C=O) groups excluding carboxylic acids is 2. The molecule has 0 atom stereocenters. The van der Waals surface area contributed by atoms with Crippen LogP contribution in [-0.2, 0) is 9.59 Å². The first-order valence-electron chi connectivity index (χ1n) is 13.9. The van der Waals surface area contributed by atoms with Gasteiger partial charge in [-0.3, -0.25) is 14.6 Å². The summed E-state index contributed by atoms with van der Waals surface area (Å²) in [5.74, 6) is -0.726. The lowest BCUT2D eigenvalue weighted by atomic mass is 10.1. The molecule has 0 bridgehead atoms. The van der Waals surface area contributed by atoms with Gasteiger partial charge >= 0.3 is 0 Å². The maximum Gasteiger partial charge on any atom is 0.233 e. The molecule has 220 valence electrons. The van der Waals surface area contributed by atoms with E-state index in [1.807, 2.05) is 27.8 Å². The summed E-state index contributed by atoms with van der Waals surface area (Å²) in [4.78, 5) is 30.5. The van der Waals surface area contributed by atoms with Gasteiger partial charge < -0.3 is 25.6 Å². The molecule has 0 aromatic heterocycles. The lowest BCUT2D eigenvalue weighted by Gasteiger charge is -2.24. The Labute approximate surface area is 239 Å². The predicted octanol–water partition coefficient (Wildman–Crippen LogP) is 6.62. The Kier molecular flexibility index (Phi) is 15.9. The molecule has 0 unspecified atom stereocenters. The van der Waals surface area contributed by atoms with Gasteiger partial charge in [-0.25, -0.2) is 4.39 Å². The van der Waals surface area contributed by atoms with E-state index in [-0.39, 0.29) is 29.8 Å². The van der Waals surface area contributed by atoms with Crippen molar-refractivity contribution in [3.63, 3.8) is 0 Å². The van der Waals surface area contributed by atoms with Gasteiger partial charge in [0.05, 0.1) is 11.3 Å². The zero-order valence-corrected chi connectivity index (χ0v) is 25.1. The highest BCUT2D eigenvalue weighted by Gasteiger charge is 2.19. The van der Waals surface area contributed by atoms with Crippen molar-refractivity contribution in [1.82, 2.24) is 10.2 Å². The summed E-state index contributed by atoms with van der Waals surface area (Å²) in [5, 5.41) is 8.79. The maximum absolute atomic E-state index is 15.0. The van der Waals surface area contributed by atoms with Crippen LogP contribution in [0.4, 0.5) is 21.5 Å². The third kappa shape index (κ3) is 11.6. The summed E-state index contributed by atoms with van der Waals surface area (Å²) < 4.78 is 20.6. The van der Waals surface area contributed by atoms with E-state index >= 15 is 0 Å². The number of nitrogens with one attached hydrogen (secondary N) is 3. The lowest BCUT2D eigenvalue weighted by Crippen LogP contribution is -2.38. The number of rotatable bonds is 14. The van der Waals surface area contributed by atoms with Crippen molar-refractivity contribution in [3.05, 3.63) is 54.4 Å². The number of unbranched alkanes of at least 4 members (excludes halogenated alkanes) is 1. The van der Waals surface area contributed by atoms with Gasteiger partial charge in [0.2, 0.25) is 11.8 Å². The fourth-order valence-electron chi connectivity index (χ4n) is 3.61. The quantitative estimate of drug-likeness (QED) is 0.138. The molecule has 40 heavy (non-hydrogen) atoms. The van der Waals surface area contributed by atoms with E-state index in [9.17, 15) is 14.0 Å². The highest BCUT2D eigenvalue weighted by atomic mass is 19.1. The number of hydrogen-bond acceptors (Lipinski definition) is 6. The fourth-order valence-corrected chi connectivity index (χ4v) is 3.61. The number of nitrogens with zero attached hydrogens (tertiary/aromatic N) is 2. The van der Waals surface area contributed by atoms with Gasteiger partial charge in [-0.15, -0.1) is 0 Å². The Morgan fingerprint density at radius 2 is 1.68 bits per heavy atom. The molecule has 2 amide bonds. The SMILES string of the molecule is C=C(Nc1ccc(NC(=O)CC(=O)N(CC)C(C)C)cc1)c1c(F)cc(OCCNC)cc1N=CC.CCCC. The number of likely N-dealkylation sites (N-methyl/N-ethyl adjacent to an activating group) is 1. The molecule has 0 saturated heterocycles. The zero-order chi connectivity index (χ0) is 30.1. The number of ether oxygens (including phenoxy) is 1. The smallest absolute Gasteiger partial charge is 0.233 e. The van der Waals surface area contributed by atoms with Crippen LogP contribution in [0, 0.1) is 5.82 Å². The summed E-state index contributed by atoms with van der Waals surface area (Å²) in [6, 6.07) is 9.85. The molecule has 0 saturated carbocycles. The van der Waals surface area contributed by atoms with E-state index in [2.05, 4.69) is 41.4 Å². The summed E-state index contributed by atoms with van der Waals surface area (Å²) >= 11 is 0. The van der Waals surface area contributed by atoms with Crippen LogP contribution in [0.2, 0.25) is 0 Å². The van der Waals surface area contributed by atoms with Gasteiger partial charge in [0, 0.05) is 54.6 Å². The van der Waals surface area contributed by atoms with Crippen LogP contribution in [0.3, 0.4) is 0 Å². The first kappa shape index (κ1) is 34.3. The van der Waals surface area contributed by atoms with Crippen molar-refractivity contribution in [2.75, 3.05) is 37.4 Å². The largest absolute Gasteiger partial charge is 0.492 e. The number of halogens is 1. The van der Waals surface area contributed by atoms with Crippen molar-refractivity contribution >= 4 is 40.8 Å². The first-order chi connectivity index (χ1) is 19.1. The molecule has 0 aliphatic heterocycles. The minimum Gasteiger partial charge on any atom is -0.492 e. The van der Waals surface area contributed by atoms with E-state index in [4.69, 9.17) is 4.74 Å². The van der Waals surface area contributed by atoms with Crippen LogP contribution in [0.25, 0.3) is 5.70 Å². The minimum atomic E-state index is -0.508. The molecule has 0 radical (unpaired) electrons. The molecule has 2 aromatic rings. The number of hydrogen-bond donors (Lipinski definition) is 3.